The molecule has 0 spiro atoms. The van der Waals surface area contributed by atoms with Crippen molar-refractivity contribution in [2.45, 2.75) is 26.0 Å². The molecule has 1 aliphatic rings. The number of hydrogen-bond donors (Lipinski definition) is 2. The summed E-state index contributed by atoms with van der Waals surface area (Å²) in [6.07, 6.45) is 1.67. The Bertz CT molecular complexity index is 720. The van der Waals surface area contributed by atoms with Crippen molar-refractivity contribution >= 4 is 11.9 Å². The molecule has 114 valence electrons. The third-order valence-electron chi connectivity index (χ3n) is 3.15. The predicted molar refractivity (Wildman–Crippen MR) is 77.5 cm³/mol. The first-order chi connectivity index (χ1) is 10.5. The number of rotatable bonds is 4. The maximum atomic E-state index is 11.2. The number of nitrogens with zero attached hydrogens (tertiary/aromatic N) is 4. The lowest BCUT2D eigenvalue weighted by atomic mass is 10.0. The van der Waals surface area contributed by atoms with Gasteiger partial charge < -0.3 is 15.2 Å². The first-order valence-corrected chi connectivity index (χ1v) is 6.81. The monoisotopic (exact) mass is 301 g/mol. The van der Waals surface area contributed by atoms with Crippen molar-refractivity contribution in [2.24, 2.45) is 0 Å². The molecule has 0 saturated heterocycles. The number of aliphatic carboxylic acids is 1. The Morgan fingerprint density at radius 3 is 2.73 bits per heavy atom. The van der Waals surface area contributed by atoms with Gasteiger partial charge in [0.15, 0.2) is 0 Å². The molecule has 8 heteroatoms. The molecule has 2 aromatic rings. The fourth-order valence-electron chi connectivity index (χ4n) is 2.23. The number of nitrogens with one attached hydrogen (secondary N) is 1. The van der Waals surface area contributed by atoms with Gasteiger partial charge in [0.2, 0.25) is 5.95 Å². The lowest BCUT2D eigenvalue weighted by Gasteiger charge is -2.21. The number of carboxylic acid groups (broad SMARTS) is 1. The number of anilines is 1. The van der Waals surface area contributed by atoms with Crippen molar-refractivity contribution in [3.8, 4) is 5.75 Å². The minimum atomic E-state index is -1.06. The molecule has 22 heavy (non-hydrogen) atoms. The van der Waals surface area contributed by atoms with E-state index in [0.29, 0.717) is 5.95 Å². The van der Waals surface area contributed by atoms with Gasteiger partial charge in [-0.15, -0.1) is 0 Å². The second-order valence-electron chi connectivity index (χ2n) is 5.14. The lowest BCUT2D eigenvalue weighted by Crippen LogP contribution is -2.24. The van der Waals surface area contributed by atoms with E-state index in [0.717, 1.165) is 11.3 Å². The van der Waals surface area contributed by atoms with Crippen LogP contribution in [0.2, 0.25) is 0 Å². The molecule has 1 aromatic carbocycles. The molecule has 2 N–H and O–H groups in total. The van der Waals surface area contributed by atoms with Crippen LogP contribution in [-0.4, -0.2) is 37.4 Å². The summed E-state index contributed by atoms with van der Waals surface area (Å²) < 4.78 is 7.13. The normalized spacial score (nSPS) is 16.7. The van der Waals surface area contributed by atoms with Crippen molar-refractivity contribution in [3.05, 3.63) is 41.6 Å². The highest BCUT2D eigenvalue weighted by Crippen LogP contribution is 2.28. The summed E-state index contributed by atoms with van der Waals surface area (Å²) in [6.45, 7) is 3.91. The highest BCUT2D eigenvalue weighted by molar-refractivity contribution is 5.90. The maximum Gasteiger partial charge on any atom is 0.352 e. The molecule has 8 nitrogen and oxygen atoms in total. The largest absolute Gasteiger partial charge is 0.491 e. The van der Waals surface area contributed by atoms with Crippen molar-refractivity contribution in [3.63, 3.8) is 0 Å². The summed E-state index contributed by atoms with van der Waals surface area (Å²) in [4.78, 5) is 11.2. The Kier molecular flexibility index (Phi) is 3.50. The molecule has 0 fully saturated rings. The van der Waals surface area contributed by atoms with Crippen LogP contribution in [0.25, 0.3) is 0 Å². The van der Waals surface area contributed by atoms with Crippen LogP contribution >= 0.6 is 0 Å². The fourth-order valence-corrected chi connectivity index (χ4v) is 2.23. The average molecular weight is 301 g/mol. The number of carbonyl (C=O) groups is 1. The number of aromatic nitrogens is 4. The van der Waals surface area contributed by atoms with Crippen LogP contribution in [0.1, 0.15) is 25.5 Å². The number of ether oxygens (including phenoxy) is 1. The van der Waals surface area contributed by atoms with E-state index >= 15 is 0 Å². The third kappa shape index (κ3) is 2.62. The molecule has 0 unspecified atom stereocenters. The van der Waals surface area contributed by atoms with Crippen LogP contribution in [0.15, 0.2) is 36.0 Å². The summed E-state index contributed by atoms with van der Waals surface area (Å²) >= 11 is 0. The summed E-state index contributed by atoms with van der Waals surface area (Å²) in [5.74, 6) is -0.00141. The van der Waals surface area contributed by atoms with Crippen LogP contribution in [0.4, 0.5) is 5.95 Å². The SMILES string of the molecule is CC(C)Oc1ccc([C@H]2C=C(C(=O)O)Nc3nnnn32)cc1. The standard InChI is InChI=1S/C14H15N5O3/c1-8(2)22-10-5-3-9(4-6-10)12-7-11(13(20)21)15-14-16-17-18-19(12)14/h3-8,12H,1-2H3,(H,20,21)(H,15,16,18)/t12-/m1/s1. The smallest absolute Gasteiger partial charge is 0.352 e. The molecule has 0 amide bonds. The highest BCUT2D eigenvalue weighted by Gasteiger charge is 2.26. The van der Waals surface area contributed by atoms with Crippen LogP contribution in [0.3, 0.4) is 0 Å². The van der Waals surface area contributed by atoms with E-state index in [1.54, 1.807) is 6.08 Å². The summed E-state index contributed by atoms with van der Waals surface area (Å²) in [6, 6.07) is 7.04. The van der Waals surface area contributed by atoms with Crippen LogP contribution in [-0.2, 0) is 4.79 Å². The van der Waals surface area contributed by atoms with E-state index in [9.17, 15) is 9.90 Å². The fraction of sp³-hybridized carbons (Fsp3) is 0.286. The number of fused-ring (bicyclic) bond motifs is 1. The minimum absolute atomic E-state index is 0.0507. The van der Waals surface area contributed by atoms with Crippen molar-refractivity contribution in [2.75, 3.05) is 5.32 Å². The van der Waals surface area contributed by atoms with Gasteiger partial charge in [-0.25, -0.2) is 4.79 Å². The minimum Gasteiger partial charge on any atom is -0.491 e. The first-order valence-electron chi connectivity index (χ1n) is 6.81. The molecule has 0 saturated carbocycles. The Hall–Kier alpha value is -2.90. The van der Waals surface area contributed by atoms with E-state index in [1.165, 1.54) is 4.68 Å². The predicted octanol–water partition coefficient (Wildman–Crippen LogP) is 1.44. The number of carboxylic acids is 1. The van der Waals surface area contributed by atoms with Crippen molar-refractivity contribution in [1.82, 2.24) is 20.2 Å². The van der Waals surface area contributed by atoms with E-state index in [1.807, 2.05) is 38.1 Å². The van der Waals surface area contributed by atoms with Gasteiger partial charge in [-0.2, -0.15) is 4.68 Å². The quantitative estimate of drug-likeness (QED) is 0.881. The molecule has 1 atom stereocenters. The maximum absolute atomic E-state index is 11.2. The molecule has 2 heterocycles. The second-order valence-corrected chi connectivity index (χ2v) is 5.14. The van der Waals surface area contributed by atoms with Crippen molar-refractivity contribution in [1.29, 1.82) is 0 Å². The van der Waals surface area contributed by atoms with Crippen LogP contribution in [0.5, 0.6) is 5.75 Å². The zero-order valence-corrected chi connectivity index (χ0v) is 12.1. The molecule has 1 aromatic heterocycles. The van der Waals surface area contributed by atoms with Gasteiger partial charge >= 0.3 is 5.97 Å². The average Bonchev–Trinajstić information content (AvgIpc) is 2.94. The Morgan fingerprint density at radius 1 is 1.36 bits per heavy atom. The number of tetrazole rings is 1. The van der Waals surface area contributed by atoms with Crippen molar-refractivity contribution < 1.29 is 14.6 Å². The van der Waals surface area contributed by atoms with E-state index in [-0.39, 0.29) is 17.8 Å². The Labute approximate surface area is 126 Å². The first kappa shape index (κ1) is 14.1. The van der Waals surface area contributed by atoms with Gasteiger partial charge in [-0.1, -0.05) is 17.2 Å². The van der Waals surface area contributed by atoms with Gasteiger partial charge in [0, 0.05) is 0 Å². The third-order valence-corrected chi connectivity index (χ3v) is 3.15. The van der Waals surface area contributed by atoms with E-state index in [2.05, 4.69) is 20.8 Å². The highest BCUT2D eigenvalue weighted by atomic mass is 16.5. The molecule has 0 bridgehead atoms. The number of allylic oxidation sites excluding steroid dienone is 1. The topological polar surface area (TPSA) is 102 Å². The van der Waals surface area contributed by atoms with Gasteiger partial charge in [0.25, 0.3) is 0 Å². The van der Waals surface area contributed by atoms with E-state index < -0.39 is 5.97 Å². The molecular formula is C14H15N5O3. The van der Waals surface area contributed by atoms with Gasteiger partial charge in [-0.3, -0.25) is 0 Å². The summed E-state index contributed by atoms with van der Waals surface area (Å²) in [7, 11) is 0. The zero-order valence-electron chi connectivity index (χ0n) is 12.1. The summed E-state index contributed by atoms with van der Waals surface area (Å²) in [5, 5.41) is 23.1. The van der Waals surface area contributed by atoms with E-state index in [4.69, 9.17) is 4.74 Å². The molecule has 1 aliphatic heterocycles. The van der Waals surface area contributed by atoms with Crippen LogP contribution in [0, 0.1) is 0 Å². The van der Waals surface area contributed by atoms with Gasteiger partial charge in [-0.05, 0) is 48.0 Å². The molecule has 3 rings (SSSR count). The number of hydrogen-bond acceptors (Lipinski definition) is 6. The molecule has 0 aliphatic carbocycles. The number of benzene rings is 1. The Morgan fingerprint density at radius 2 is 2.09 bits per heavy atom. The van der Waals surface area contributed by atoms with Gasteiger partial charge in [0.05, 0.1) is 6.10 Å². The molecule has 0 radical (unpaired) electrons. The van der Waals surface area contributed by atoms with Gasteiger partial charge in [0.1, 0.15) is 17.5 Å². The molecular weight excluding hydrogens is 286 g/mol. The second kappa shape index (κ2) is 5.47. The Balaban J connectivity index is 1.95. The summed E-state index contributed by atoms with van der Waals surface area (Å²) in [5.41, 5.74) is 0.916. The van der Waals surface area contributed by atoms with Crippen LogP contribution < -0.4 is 10.1 Å². The zero-order chi connectivity index (χ0) is 15.7. The lowest BCUT2D eigenvalue weighted by molar-refractivity contribution is -0.132.